The van der Waals surface area contributed by atoms with Crippen molar-refractivity contribution in [3.8, 4) is 11.5 Å². The zero-order valence-electron chi connectivity index (χ0n) is 69.2. The molecule has 0 unspecified atom stereocenters. The smallest absolute Gasteiger partial charge is 0.407 e. The van der Waals surface area contributed by atoms with E-state index in [1.165, 1.54) is 14.0 Å². The van der Waals surface area contributed by atoms with Crippen molar-refractivity contribution < 1.29 is 143 Å². The number of hydrogen-bond donors (Lipinski definition) is 3. The highest BCUT2D eigenvalue weighted by Crippen LogP contribution is 2.44. The predicted molar refractivity (Wildman–Crippen MR) is 434 cm³/mol. The molecule has 6 aromatic rings. The number of alkyl halides is 3. The van der Waals surface area contributed by atoms with Crippen molar-refractivity contribution in [2.75, 3.05) is 40.6 Å². The van der Waals surface area contributed by atoms with Gasteiger partial charge >= 0.3 is 41.9 Å². The Morgan fingerprint density at radius 3 is 1.41 bits per heavy atom. The first-order valence-corrected chi connectivity index (χ1v) is 40.7. The van der Waals surface area contributed by atoms with Crippen molar-refractivity contribution in [3.05, 3.63) is 204 Å². The third-order valence-corrected chi connectivity index (χ3v) is 20.0. The van der Waals surface area contributed by atoms with Gasteiger partial charge in [0.15, 0.2) is 30.9 Å². The molecule has 33 nitrogen and oxygen atoms in total. The Balaban J connectivity index is 1.22. The fourth-order valence-corrected chi connectivity index (χ4v) is 14.7. The minimum atomic E-state index is -3.22. The molecule has 3 N–H and O–H groups in total. The minimum Gasteiger partial charge on any atom is -0.497 e. The number of methoxy groups -OCH3 is 2. The average molecular weight is 1780 g/mol. The summed E-state index contributed by atoms with van der Waals surface area (Å²) in [5, 5.41) is 8.31. The Morgan fingerprint density at radius 2 is 0.927 bits per heavy atom. The number of benzene rings is 6. The van der Waals surface area contributed by atoms with Crippen LogP contribution in [-0.2, 0) is 161 Å². The topological polar surface area (TPSA) is 384 Å². The van der Waals surface area contributed by atoms with Crippen LogP contribution in [-0.4, -0.2) is 226 Å². The lowest BCUT2D eigenvalue weighted by Gasteiger charge is -2.53. The minimum absolute atomic E-state index is 0.00365. The van der Waals surface area contributed by atoms with Gasteiger partial charge in [-0.1, -0.05) is 186 Å². The zero-order valence-corrected chi connectivity index (χ0v) is 71.5. The molecule has 123 heavy (non-hydrogen) atoms. The van der Waals surface area contributed by atoms with Gasteiger partial charge in [-0.05, 0) is 59.0 Å². The summed E-state index contributed by atoms with van der Waals surface area (Å²) < 4.78 is 136. The number of alkyl carbamates (subject to hydrolysis) is 1. The number of carbonyl (C=O) groups is 9. The highest BCUT2D eigenvalue weighted by atomic mass is 35.6. The van der Waals surface area contributed by atoms with Gasteiger partial charge in [-0.25, -0.2) is 9.59 Å². The number of halogens is 3. The molecule has 4 saturated heterocycles. The Bertz CT molecular complexity index is 4380. The lowest BCUT2D eigenvalue weighted by molar-refractivity contribution is -0.380. The summed E-state index contributed by atoms with van der Waals surface area (Å²) >= 11 is 18.9. The highest BCUT2D eigenvalue weighted by Gasteiger charge is 2.64. The van der Waals surface area contributed by atoms with Gasteiger partial charge in [0.1, 0.15) is 97.8 Å². The molecular weight excluding hydrogens is 1670 g/mol. The second kappa shape index (κ2) is 46.3. The predicted octanol–water partition coefficient (Wildman–Crippen LogP) is 9.04. The van der Waals surface area contributed by atoms with Crippen molar-refractivity contribution >= 4 is 88.5 Å². The van der Waals surface area contributed by atoms with Gasteiger partial charge in [0.2, 0.25) is 21.9 Å². The molecule has 666 valence electrons. The molecule has 0 bridgehead atoms. The second-order valence-corrected chi connectivity index (χ2v) is 31.8. The quantitative estimate of drug-likeness (QED) is 0.0184. The number of carbonyl (C=O) groups excluding carboxylic acids is 9. The lowest BCUT2D eigenvalue weighted by Crippen LogP contribution is -2.74. The van der Waals surface area contributed by atoms with Crippen LogP contribution in [0.3, 0.4) is 0 Å². The number of amides is 3. The van der Waals surface area contributed by atoms with Gasteiger partial charge in [-0.3, -0.25) is 33.6 Å². The maximum atomic E-state index is 15.7. The Labute approximate surface area is 726 Å². The first kappa shape index (κ1) is 95.6. The van der Waals surface area contributed by atoms with Crippen molar-refractivity contribution in [3.63, 3.8) is 0 Å². The molecule has 10 rings (SSSR count). The van der Waals surface area contributed by atoms with Gasteiger partial charge < -0.3 is 115 Å². The second-order valence-electron chi connectivity index (χ2n) is 29.2. The fourth-order valence-electron chi connectivity index (χ4n) is 14.5. The number of esters is 6. The molecular formula is C87H102Cl3N3O30. The number of ether oxygens (including phenoxy) is 21. The van der Waals surface area contributed by atoms with Crippen LogP contribution in [0.25, 0.3) is 0 Å². The summed E-state index contributed by atoms with van der Waals surface area (Å²) in [6.07, 6.45) is -31.5. The standard InChI is InChI=1S/C87H102Cl3N3O30/c1-50-72(108-43-60-30-20-13-21-31-60)79(109-44-61-32-22-14-23-33-61)80(110-45-62-34-24-15-25-35-62)83(112-50)121-76-70(92-52(3)95)81(117-64-38-36-63(103-9)37-39-64)118-66(46-105-41-58-26-16-11-17-27-58)73(76)120-82-71(93-85(102)111-49-87(88,89)90)78(74(115-56(7)99)67(119-82)47-106-42-59-28-18-12-19-29-59)123-86(84(101)104-10)40-65(113-54(5)97)69(91-51(2)94)77(122-86)75(116-57(8)100)68(114-55(6)98)48-107-53(4)96/h11-39,50,65-83H,40-49H2,1-10H3,(H,91,94)(H,92,95)(H,93,102)/t50-,65-,66+,67+,68+,69+,70+,71+,72+,73+,74-,75+,76+,77+,78+,79+,80-,81+,82-,83-,86-/m0/s1. The Kier molecular flexibility index (Phi) is 36.0. The van der Waals surface area contributed by atoms with E-state index in [4.69, 9.17) is 134 Å². The van der Waals surface area contributed by atoms with Gasteiger partial charge in [0, 0.05) is 48.5 Å². The van der Waals surface area contributed by atoms with E-state index in [0.29, 0.717) is 22.4 Å². The van der Waals surface area contributed by atoms with Crippen LogP contribution in [0.15, 0.2) is 176 Å². The molecule has 4 aliphatic heterocycles. The number of nitrogens with one attached hydrogen (secondary N) is 3. The Hall–Kier alpha value is -9.66. The van der Waals surface area contributed by atoms with Crippen LogP contribution in [0.1, 0.15) is 89.6 Å². The van der Waals surface area contributed by atoms with Crippen LogP contribution < -0.4 is 25.4 Å². The first-order valence-electron chi connectivity index (χ1n) is 39.5. The molecule has 21 atom stereocenters. The molecule has 0 radical (unpaired) electrons. The SMILES string of the molecule is COC(=O)[C@@]1(O[C@@H]2[C@@H](NC(=O)OCC(Cl)(Cl)Cl)[C@H](O[C@H]3[C@H](O[C@@H]4O[C@@H](C)[C@@H](OCc5ccccc5)[C@@H](OCc5ccccc5)[C@@H]4OCc4ccccc4)[C@@H](NC(C)=O)[C@H](Oc4ccc(OC)cc4)O[C@@H]3COCc3ccccc3)O[C@H](COCc3ccccc3)[C@@H]2OC(C)=O)C[C@H](OC(C)=O)[C@@H](NC(C)=O)[C@H]([C@H](OC(C)=O)[C@@H](COC(C)=O)OC(C)=O)O1. The summed E-state index contributed by atoms with van der Waals surface area (Å²) in [6, 6.07) is 46.8. The molecule has 4 fully saturated rings. The molecule has 3 amide bonds. The normalized spacial score (nSPS) is 26.7. The van der Waals surface area contributed by atoms with Gasteiger partial charge in [0.05, 0.1) is 79.0 Å². The largest absolute Gasteiger partial charge is 0.497 e. The summed E-state index contributed by atoms with van der Waals surface area (Å²) in [4.78, 5) is 126. The monoisotopic (exact) mass is 1770 g/mol. The van der Waals surface area contributed by atoms with Crippen LogP contribution >= 0.6 is 34.8 Å². The molecule has 0 spiro atoms. The number of hydrogen-bond acceptors (Lipinski definition) is 30. The lowest BCUT2D eigenvalue weighted by atomic mass is 9.87. The fraction of sp³-hybridized carbons (Fsp3) is 0.483. The van der Waals surface area contributed by atoms with E-state index in [1.807, 2.05) is 109 Å². The van der Waals surface area contributed by atoms with E-state index in [2.05, 4.69) is 16.0 Å². The average Bonchev–Trinajstić information content (AvgIpc) is 0.745. The molecule has 0 aliphatic carbocycles. The molecule has 4 heterocycles. The van der Waals surface area contributed by atoms with Crippen molar-refractivity contribution in [1.29, 1.82) is 0 Å². The molecule has 0 saturated carbocycles. The van der Waals surface area contributed by atoms with Crippen LogP contribution in [0.4, 0.5) is 4.79 Å². The van der Waals surface area contributed by atoms with Crippen molar-refractivity contribution in [2.24, 2.45) is 0 Å². The van der Waals surface area contributed by atoms with Crippen molar-refractivity contribution in [1.82, 2.24) is 16.0 Å². The third kappa shape index (κ3) is 28.4. The Morgan fingerprint density at radius 1 is 0.463 bits per heavy atom. The zero-order chi connectivity index (χ0) is 88.3. The van der Waals surface area contributed by atoms with Gasteiger partial charge in [-0.2, -0.15) is 0 Å². The molecule has 6 aromatic carbocycles. The van der Waals surface area contributed by atoms with E-state index in [-0.39, 0.29) is 38.8 Å². The van der Waals surface area contributed by atoms with Gasteiger partial charge in [0.25, 0.3) is 5.79 Å². The summed E-state index contributed by atoms with van der Waals surface area (Å²) in [6.45, 7) is 5.74. The van der Waals surface area contributed by atoms with E-state index >= 15 is 9.59 Å². The summed E-state index contributed by atoms with van der Waals surface area (Å²) in [5.41, 5.74) is 3.61. The van der Waals surface area contributed by atoms with Gasteiger partial charge in [-0.15, -0.1) is 0 Å². The molecule has 4 aliphatic rings. The summed E-state index contributed by atoms with van der Waals surface area (Å²) in [7, 11) is 2.37. The molecule has 36 heteroatoms. The van der Waals surface area contributed by atoms with E-state index in [0.717, 1.165) is 59.8 Å². The van der Waals surface area contributed by atoms with Crippen molar-refractivity contribution in [2.45, 2.75) is 227 Å². The first-order chi connectivity index (χ1) is 58.9. The van der Waals surface area contributed by atoms with Crippen LogP contribution in [0.2, 0.25) is 0 Å². The van der Waals surface area contributed by atoms with E-state index < -0.39 is 219 Å². The maximum Gasteiger partial charge on any atom is 0.407 e. The van der Waals surface area contributed by atoms with E-state index in [9.17, 15) is 33.6 Å². The number of rotatable bonds is 39. The third-order valence-electron chi connectivity index (χ3n) is 19.7. The van der Waals surface area contributed by atoms with Crippen LogP contribution in [0, 0.1) is 0 Å². The van der Waals surface area contributed by atoms with Crippen LogP contribution in [0.5, 0.6) is 11.5 Å². The maximum absolute atomic E-state index is 15.7. The highest BCUT2D eigenvalue weighted by molar-refractivity contribution is 6.67. The molecule has 0 aromatic heterocycles. The van der Waals surface area contributed by atoms with E-state index in [1.54, 1.807) is 73.7 Å². The summed E-state index contributed by atoms with van der Waals surface area (Å²) in [5.74, 6) is -10.9.